The van der Waals surface area contributed by atoms with Crippen LogP contribution >= 0.6 is 0 Å². The number of carbonyl (C=O) groups excluding carboxylic acids is 2. The number of ether oxygens (including phenoxy) is 1. The van der Waals surface area contributed by atoms with E-state index in [1.54, 1.807) is 47.1 Å². The van der Waals surface area contributed by atoms with Gasteiger partial charge in [-0.3, -0.25) is 14.9 Å². The third-order valence-corrected chi connectivity index (χ3v) is 4.41. The lowest BCUT2D eigenvalue weighted by atomic mass is 10.1. The fraction of sp³-hybridized carbons (Fsp3) is 0.0476. The summed E-state index contributed by atoms with van der Waals surface area (Å²) < 4.78 is 11.4. The minimum absolute atomic E-state index is 0.0154. The Hall–Kier alpha value is -4.60. The van der Waals surface area contributed by atoms with Crippen molar-refractivity contribution in [1.29, 1.82) is 0 Å². The Morgan fingerprint density at radius 1 is 1.06 bits per heavy atom. The van der Waals surface area contributed by atoms with Gasteiger partial charge in [0.15, 0.2) is 12.4 Å². The van der Waals surface area contributed by atoms with E-state index in [2.05, 4.69) is 10.3 Å². The first-order chi connectivity index (χ1) is 15.0. The maximum Gasteiger partial charge on any atom is 0.374 e. The Morgan fingerprint density at radius 3 is 2.45 bits per heavy atom. The lowest BCUT2D eigenvalue weighted by Gasteiger charge is -2.08. The molecule has 0 N–H and O–H groups in total. The molecule has 0 radical (unpaired) electrons. The minimum atomic E-state index is -0.717. The van der Waals surface area contributed by atoms with Crippen LogP contribution in [0.4, 0.5) is 5.69 Å². The standard InChI is InChI=1S/C21H14N4O6/c26-19(13-31-21(27)20-2-1-11-30-20)15-5-7-16(8-6-15)24-18(12-22-23-24)14-3-9-17(10-4-14)25(28)29/h1-12H,13H2. The zero-order chi connectivity index (χ0) is 21.8. The molecule has 0 bridgehead atoms. The number of hydrogen-bond donors (Lipinski definition) is 0. The van der Waals surface area contributed by atoms with Gasteiger partial charge in [0.25, 0.3) is 5.69 Å². The molecular formula is C21H14N4O6. The third-order valence-electron chi connectivity index (χ3n) is 4.41. The minimum Gasteiger partial charge on any atom is -0.457 e. The number of nitro groups is 1. The molecule has 0 atom stereocenters. The van der Waals surface area contributed by atoms with Crippen LogP contribution in [-0.2, 0) is 4.74 Å². The molecule has 0 aliphatic rings. The summed E-state index contributed by atoms with van der Waals surface area (Å²) in [6.07, 6.45) is 2.88. The first-order valence-electron chi connectivity index (χ1n) is 9.03. The molecule has 0 saturated carbocycles. The molecule has 2 aromatic carbocycles. The fourth-order valence-electron chi connectivity index (χ4n) is 2.85. The van der Waals surface area contributed by atoms with Gasteiger partial charge >= 0.3 is 5.97 Å². The summed E-state index contributed by atoms with van der Waals surface area (Å²) in [5.74, 6) is -1.07. The molecule has 4 aromatic rings. The van der Waals surface area contributed by atoms with Crippen molar-refractivity contribution in [2.45, 2.75) is 0 Å². The second kappa shape index (κ2) is 8.41. The predicted molar refractivity (Wildman–Crippen MR) is 107 cm³/mol. The van der Waals surface area contributed by atoms with Crippen LogP contribution in [-0.4, -0.2) is 38.3 Å². The topological polar surface area (TPSA) is 130 Å². The number of nitrogens with zero attached hydrogens (tertiary/aromatic N) is 4. The SMILES string of the molecule is O=C(COC(=O)c1ccco1)c1ccc(-n2nncc2-c2ccc([N+](=O)[O-])cc2)cc1. The molecule has 4 rings (SSSR count). The zero-order valence-corrected chi connectivity index (χ0v) is 15.9. The summed E-state index contributed by atoms with van der Waals surface area (Å²) in [5.41, 5.74) is 2.29. The number of non-ortho nitro benzene ring substituents is 1. The monoisotopic (exact) mass is 418 g/mol. The molecule has 0 saturated heterocycles. The third kappa shape index (κ3) is 4.22. The van der Waals surface area contributed by atoms with E-state index in [1.807, 2.05) is 0 Å². The van der Waals surface area contributed by atoms with Crippen LogP contribution in [0.2, 0.25) is 0 Å². The number of Topliss-reactive ketones (excluding diaryl/α,β-unsaturated/α-hetero) is 1. The van der Waals surface area contributed by atoms with Gasteiger partial charge in [-0.1, -0.05) is 5.21 Å². The lowest BCUT2D eigenvalue weighted by Crippen LogP contribution is -2.14. The Balaban J connectivity index is 1.47. The van der Waals surface area contributed by atoms with Gasteiger partial charge in [-0.15, -0.1) is 5.10 Å². The van der Waals surface area contributed by atoms with Crippen LogP contribution < -0.4 is 0 Å². The second-order valence-electron chi connectivity index (χ2n) is 6.36. The van der Waals surface area contributed by atoms with Crippen molar-refractivity contribution in [3.63, 3.8) is 0 Å². The van der Waals surface area contributed by atoms with E-state index >= 15 is 0 Å². The normalized spacial score (nSPS) is 10.6. The number of hydrogen-bond acceptors (Lipinski definition) is 8. The van der Waals surface area contributed by atoms with Crippen LogP contribution in [0.5, 0.6) is 0 Å². The van der Waals surface area contributed by atoms with Crippen molar-refractivity contribution < 1.29 is 23.7 Å². The average Bonchev–Trinajstić information content (AvgIpc) is 3.50. The largest absolute Gasteiger partial charge is 0.457 e. The Labute approximate surface area is 174 Å². The molecule has 2 heterocycles. The lowest BCUT2D eigenvalue weighted by molar-refractivity contribution is -0.384. The molecule has 2 aromatic heterocycles. The molecule has 0 aliphatic heterocycles. The van der Waals surface area contributed by atoms with Crippen molar-refractivity contribution in [3.05, 3.63) is 94.6 Å². The molecule has 0 unspecified atom stereocenters. The van der Waals surface area contributed by atoms with Crippen LogP contribution in [0.25, 0.3) is 16.9 Å². The summed E-state index contributed by atoms with van der Waals surface area (Å²) in [4.78, 5) is 34.4. The summed E-state index contributed by atoms with van der Waals surface area (Å²) in [6, 6.07) is 15.5. The highest BCUT2D eigenvalue weighted by atomic mass is 16.6. The molecule has 31 heavy (non-hydrogen) atoms. The molecular weight excluding hydrogens is 404 g/mol. The molecule has 0 amide bonds. The smallest absolute Gasteiger partial charge is 0.374 e. The van der Waals surface area contributed by atoms with Crippen LogP contribution in [0.15, 0.2) is 77.5 Å². The van der Waals surface area contributed by atoms with Crippen LogP contribution in [0.3, 0.4) is 0 Å². The quantitative estimate of drug-likeness (QED) is 0.193. The summed E-state index contributed by atoms with van der Waals surface area (Å²) in [6.45, 7) is -0.420. The summed E-state index contributed by atoms with van der Waals surface area (Å²) in [7, 11) is 0. The number of aromatic nitrogens is 3. The van der Waals surface area contributed by atoms with Crippen molar-refractivity contribution in [2.24, 2.45) is 0 Å². The van der Waals surface area contributed by atoms with Gasteiger partial charge in [0.2, 0.25) is 5.76 Å². The number of nitro benzene ring substituents is 1. The van der Waals surface area contributed by atoms with Crippen molar-refractivity contribution in [1.82, 2.24) is 15.0 Å². The van der Waals surface area contributed by atoms with Crippen molar-refractivity contribution in [3.8, 4) is 16.9 Å². The Kier molecular flexibility index (Phi) is 5.35. The van der Waals surface area contributed by atoms with E-state index in [0.717, 1.165) is 0 Å². The van der Waals surface area contributed by atoms with Gasteiger partial charge in [-0.25, -0.2) is 9.48 Å². The van der Waals surface area contributed by atoms with E-state index in [9.17, 15) is 19.7 Å². The molecule has 0 spiro atoms. The van der Waals surface area contributed by atoms with E-state index in [4.69, 9.17) is 9.15 Å². The number of ketones is 1. The van der Waals surface area contributed by atoms with Crippen molar-refractivity contribution in [2.75, 3.05) is 6.61 Å². The van der Waals surface area contributed by atoms with Crippen LogP contribution in [0, 0.1) is 10.1 Å². The highest BCUT2D eigenvalue weighted by Crippen LogP contribution is 2.24. The summed E-state index contributed by atoms with van der Waals surface area (Å²) >= 11 is 0. The zero-order valence-electron chi connectivity index (χ0n) is 15.9. The first kappa shape index (κ1) is 19.7. The van der Waals surface area contributed by atoms with Gasteiger partial charge in [-0.05, 0) is 48.5 Å². The van der Waals surface area contributed by atoms with E-state index in [-0.39, 0.29) is 17.2 Å². The van der Waals surface area contributed by atoms with E-state index < -0.39 is 17.5 Å². The van der Waals surface area contributed by atoms with Gasteiger partial charge in [0, 0.05) is 23.3 Å². The first-order valence-corrected chi connectivity index (χ1v) is 9.03. The highest BCUT2D eigenvalue weighted by molar-refractivity contribution is 5.99. The highest BCUT2D eigenvalue weighted by Gasteiger charge is 2.15. The molecule has 0 fully saturated rings. The summed E-state index contributed by atoms with van der Waals surface area (Å²) in [5, 5.41) is 18.8. The molecule has 154 valence electrons. The molecule has 10 heteroatoms. The molecule has 0 aliphatic carbocycles. The van der Waals surface area contributed by atoms with Gasteiger partial charge in [0.1, 0.15) is 0 Å². The van der Waals surface area contributed by atoms with Gasteiger partial charge in [-0.2, -0.15) is 0 Å². The van der Waals surface area contributed by atoms with Gasteiger partial charge in [0.05, 0.1) is 28.8 Å². The van der Waals surface area contributed by atoms with E-state index in [0.29, 0.717) is 22.5 Å². The Bertz CT molecular complexity index is 1230. The predicted octanol–water partition coefficient (Wildman–Crippen LogP) is 3.48. The Morgan fingerprint density at radius 2 is 1.81 bits per heavy atom. The number of furan rings is 1. The van der Waals surface area contributed by atoms with Crippen LogP contribution in [0.1, 0.15) is 20.9 Å². The van der Waals surface area contributed by atoms with Gasteiger partial charge < -0.3 is 9.15 Å². The number of rotatable bonds is 7. The maximum atomic E-state index is 12.3. The molecule has 10 nitrogen and oxygen atoms in total. The number of benzene rings is 2. The van der Waals surface area contributed by atoms with E-state index in [1.165, 1.54) is 30.7 Å². The number of esters is 1. The van der Waals surface area contributed by atoms with Crippen molar-refractivity contribution >= 4 is 17.4 Å². The second-order valence-corrected chi connectivity index (χ2v) is 6.36. The number of carbonyl (C=O) groups is 2. The fourth-order valence-corrected chi connectivity index (χ4v) is 2.85. The maximum absolute atomic E-state index is 12.3. The average molecular weight is 418 g/mol.